The molecule has 88 valence electrons. The number of benzene rings is 1. The smallest absolute Gasteiger partial charge is 0.119 e. The third-order valence-electron chi connectivity index (χ3n) is 3.23. The van der Waals surface area contributed by atoms with Gasteiger partial charge in [0.05, 0.1) is 7.11 Å². The largest absolute Gasteiger partial charge is 0.497 e. The first-order valence-corrected chi connectivity index (χ1v) is 5.77. The Morgan fingerprint density at radius 3 is 2.88 bits per heavy atom. The van der Waals surface area contributed by atoms with Crippen LogP contribution in [-0.4, -0.2) is 38.2 Å². The van der Waals surface area contributed by atoms with Crippen molar-refractivity contribution in [3.05, 3.63) is 29.8 Å². The summed E-state index contributed by atoms with van der Waals surface area (Å²) in [5, 5.41) is 0. The summed E-state index contributed by atoms with van der Waals surface area (Å²) in [7, 11) is 3.84. The van der Waals surface area contributed by atoms with Gasteiger partial charge >= 0.3 is 0 Å². The zero-order valence-electron chi connectivity index (χ0n) is 10.0. The molecule has 0 spiro atoms. The van der Waals surface area contributed by atoms with Gasteiger partial charge < -0.3 is 15.4 Å². The summed E-state index contributed by atoms with van der Waals surface area (Å²) in [6, 6.07) is 8.61. The number of piperidine rings is 1. The number of ether oxygens (including phenoxy) is 1. The molecule has 2 N–H and O–H groups in total. The molecule has 3 heteroatoms. The van der Waals surface area contributed by atoms with Crippen molar-refractivity contribution < 1.29 is 4.74 Å². The van der Waals surface area contributed by atoms with Gasteiger partial charge in [-0.05, 0) is 37.1 Å². The Bertz CT molecular complexity index is 344. The predicted octanol–water partition coefficient (Wildman–Crippen LogP) is 1.44. The maximum Gasteiger partial charge on any atom is 0.119 e. The molecule has 1 heterocycles. The van der Waals surface area contributed by atoms with Crippen molar-refractivity contribution in [2.45, 2.75) is 18.4 Å². The van der Waals surface area contributed by atoms with Crippen molar-refractivity contribution in [3.8, 4) is 5.75 Å². The lowest BCUT2D eigenvalue weighted by molar-refractivity contribution is 0.227. The van der Waals surface area contributed by atoms with E-state index in [4.69, 9.17) is 10.5 Å². The van der Waals surface area contributed by atoms with Crippen LogP contribution < -0.4 is 10.5 Å². The fourth-order valence-corrected chi connectivity index (χ4v) is 2.50. The molecule has 3 nitrogen and oxygen atoms in total. The Hall–Kier alpha value is -1.06. The van der Waals surface area contributed by atoms with E-state index in [2.05, 4.69) is 24.1 Å². The van der Waals surface area contributed by atoms with Gasteiger partial charge in [-0.3, -0.25) is 0 Å². The monoisotopic (exact) mass is 220 g/mol. The molecular formula is C13H20N2O. The molecular weight excluding hydrogens is 200 g/mol. The van der Waals surface area contributed by atoms with Crippen LogP contribution in [0.3, 0.4) is 0 Å². The van der Waals surface area contributed by atoms with Gasteiger partial charge in [0.15, 0.2) is 0 Å². The van der Waals surface area contributed by atoms with E-state index in [1.807, 2.05) is 12.1 Å². The average Bonchev–Trinajstić information content (AvgIpc) is 2.28. The Morgan fingerprint density at radius 2 is 2.19 bits per heavy atom. The predicted molar refractivity (Wildman–Crippen MR) is 65.8 cm³/mol. The van der Waals surface area contributed by atoms with E-state index in [9.17, 15) is 0 Å². The van der Waals surface area contributed by atoms with Crippen LogP contribution >= 0.6 is 0 Å². The third-order valence-corrected chi connectivity index (χ3v) is 3.23. The van der Waals surface area contributed by atoms with Crippen molar-refractivity contribution in [1.29, 1.82) is 0 Å². The topological polar surface area (TPSA) is 38.5 Å². The van der Waals surface area contributed by atoms with Crippen LogP contribution in [0.15, 0.2) is 24.3 Å². The summed E-state index contributed by atoms with van der Waals surface area (Å²) >= 11 is 0. The molecule has 1 aromatic carbocycles. The first-order chi connectivity index (χ1) is 7.69. The number of nitrogens with zero attached hydrogens (tertiary/aromatic N) is 1. The quantitative estimate of drug-likeness (QED) is 0.819. The lowest BCUT2D eigenvalue weighted by atomic mass is 9.88. The summed E-state index contributed by atoms with van der Waals surface area (Å²) < 4.78 is 5.25. The van der Waals surface area contributed by atoms with Crippen molar-refractivity contribution >= 4 is 0 Å². The SMILES string of the molecule is COc1cccc(C2CC(N)CN(C)C2)c1. The maximum absolute atomic E-state index is 6.05. The standard InChI is InChI=1S/C13H20N2O/c1-15-8-11(6-12(14)9-15)10-4-3-5-13(7-10)16-2/h3-5,7,11-12H,6,8-9,14H2,1-2H3. The maximum atomic E-state index is 6.05. The molecule has 2 rings (SSSR count). The fourth-order valence-electron chi connectivity index (χ4n) is 2.50. The molecule has 2 unspecified atom stereocenters. The van der Waals surface area contributed by atoms with E-state index < -0.39 is 0 Å². The number of likely N-dealkylation sites (N-methyl/N-ethyl adjacent to an activating group) is 1. The zero-order valence-corrected chi connectivity index (χ0v) is 10.0. The van der Waals surface area contributed by atoms with Crippen molar-refractivity contribution in [1.82, 2.24) is 4.90 Å². The van der Waals surface area contributed by atoms with E-state index in [0.717, 1.165) is 25.3 Å². The summed E-state index contributed by atoms with van der Waals surface area (Å²) in [5.74, 6) is 1.46. The first kappa shape index (κ1) is 11.4. The average molecular weight is 220 g/mol. The van der Waals surface area contributed by atoms with Crippen LogP contribution in [0.2, 0.25) is 0 Å². The molecule has 1 fully saturated rings. The molecule has 0 aromatic heterocycles. The molecule has 1 aromatic rings. The minimum atomic E-state index is 0.287. The van der Waals surface area contributed by atoms with Crippen molar-refractivity contribution in [3.63, 3.8) is 0 Å². The van der Waals surface area contributed by atoms with E-state index in [-0.39, 0.29) is 6.04 Å². The molecule has 0 amide bonds. The van der Waals surface area contributed by atoms with Gasteiger partial charge in [-0.15, -0.1) is 0 Å². The molecule has 2 atom stereocenters. The summed E-state index contributed by atoms with van der Waals surface area (Å²) in [6.45, 7) is 2.08. The highest BCUT2D eigenvalue weighted by atomic mass is 16.5. The number of hydrogen-bond donors (Lipinski definition) is 1. The highest BCUT2D eigenvalue weighted by molar-refractivity contribution is 5.31. The number of likely N-dealkylation sites (tertiary alicyclic amines) is 1. The van der Waals surface area contributed by atoms with Crippen molar-refractivity contribution in [2.24, 2.45) is 5.73 Å². The number of rotatable bonds is 2. The molecule has 0 radical (unpaired) electrons. The Labute approximate surface area is 97.2 Å². The fraction of sp³-hybridized carbons (Fsp3) is 0.538. The second kappa shape index (κ2) is 4.85. The Morgan fingerprint density at radius 1 is 1.38 bits per heavy atom. The van der Waals surface area contributed by atoms with E-state index in [1.165, 1.54) is 5.56 Å². The number of nitrogens with two attached hydrogens (primary N) is 1. The van der Waals surface area contributed by atoms with Gasteiger partial charge in [0, 0.05) is 19.1 Å². The van der Waals surface area contributed by atoms with Crippen LogP contribution in [0.1, 0.15) is 17.9 Å². The minimum Gasteiger partial charge on any atom is -0.497 e. The highest BCUT2D eigenvalue weighted by Crippen LogP contribution is 2.27. The summed E-state index contributed by atoms with van der Waals surface area (Å²) in [5.41, 5.74) is 7.39. The van der Waals surface area contributed by atoms with Gasteiger partial charge in [0.25, 0.3) is 0 Å². The molecule has 1 aliphatic heterocycles. The van der Waals surface area contributed by atoms with Crippen LogP contribution in [0.5, 0.6) is 5.75 Å². The lowest BCUT2D eigenvalue weighted by Crippen LogP contribution is -2.44. The second-order valence-corrected chi connectivity index (χ2v) is 4.69. The lowest BCUT2D eigenvalue weighted by Gasteiger charge is -2.34. The van der Waals surface area contributed by atoms with Gasteiger partial charge in [-0.25, -0.2) is 0 Å². The Kier molecular flexibility index (Phi) is 3.46. The first-order valence-electron chi connectivity index (χ1n) is 5.77. The van der Waals surface area contributed by atoms with Gasteiger partial charge in [0.2, 0.25) is 0 Å². The third kappa shape index (κ3) is 2.54. The molecule has 0 bridgehead atoms. The Balaban J connectivity index is 2.16. The van der Waals surface area contributed by atoms with Gasteiger partial charge in [0.1, 0.15) is 5.75 Å². The van der Waals surface area contributed by atoms with E-state index in [0.29, 0.717) is 5.92 Å². The van der Waals surface area contributed by atoms with Crippen LogP contribution in [0, 0.1) is 0 Å². The molecule has 1 saturated heterocycles. The van der Waals surface area contributed by atoms with Crippen molar-refractivity contribution in [2.75, 3.05) is 27.2 Å². The summed E-state index contributed by atoms with van der Waals surface area (Å²) in [6.07, 6.45) is 1.07. The van der Waals surface area contributed by atoms with Gasteiger partial charge in [-0.1, -0.05) is 12.1 Å². The van der Waals surface area contributed by atoms with Crippen LogP contribution in [0.4, 0.5) is 0 Å². The molecule has 0 aliphatic carbocycles. The zero-order chi connectivity index (χ0) is 11.5. The second-order valence-electron chi connectivity index (χ2n) is 4.69. The minimum absolute atomic E-state index is 0.287. The molecule has 1 aliphatic rings. The van der Waals surface area contributed by atoms with Gasteiger partial charge in [-0.2, -0.15) is 0 Å². The molecule has 16 heavy (non-hydrogen) atoms. The van der Waals surface area contributed by atoms with E-state index >= 15 is 0 Å². The van der Waals surface area contributed by atoms with Crippen LogP contribution in [0.25, 0.3) is 0 Å². The highest BCUT2D eigenvalue weighted by Gasteiger charge is 2.24. The molecule has 0 saturated carbocycles. The number of methoxy groups -OCH3 is 1. The summed E-state index contributed by atoms with van der Waals surface area (Å²) in [4.78, 5) is 2.30. The van der Waals surface area contributed by atoms with Crippen LogP contribution in [-0.2, 0) is 0 Å². The normalized spacial score (nSPS) is 26.7. The number of hydrogen-bond acceptors (Lipinski definition) is 3. The van der Waals surface area contributed by atoms with E-state index in [1.54, 1.807) is 7.11 Å².